The minimum atomic E-state index is -0.151. The molecule has 1 aliphatic heterocycles. The lowest BCUT2D eigenvalue weighted by Crippen LogP contribution is -2.39. The van der Waals surface area contributed by atoms with Crippen LogP contribution in [0.1, 0.15) is 27.7 Å². The minimum absolute atomic E-state index is 0.119. The lowest BCUT2D eigenvalue weighted by Gasteiger charge is -2.34. The van der Waals surface area contributed by atoms with Gasteiger partial charge < -0.3 is 4.90 Å². The van der Waals surface area contributed by atoms with Crippen molar-refractivity contribution in [3.8, 4) is 0 Å². The van der Waals surface area contributed by atoms with Gasteiger partial charge in [0.25, 0.3) is 0 Å². The molecular weight excluding hydrogens is 150 g/mol. The van der Waals surface area contributed by atoms with Crippen LogP contribution in [0.2, 0.25) is 0 Å². The Morgan fingerprint density at radius 2 is 1.75 bits per heavy atom. The maximum atomic E-state index is 11.5. The highest BCUT2D eigenvalue weighted by Gasteiger charge is 2.50. The van der Waals surface area contributed by atoms with Gasteiger partial charge in [0.1, 0.15) is 5.78 Å². The molecule has 1 atom stereocenters. The molecule has 70 valence electrons. The molecule has 1 aliphatic rings. The zero-order valence-corrected chi connectivity index (χ0v) is 8.77. The summed E-state index contributed by atoms with van der Waals surface area (Å²) in [5.74, 6) is 0.317. The summed E-state index contributed by atoms with van der Waals surface area (Å²) >= 11 is 0. The molecule has 1 unspecified atom stereocenters. The number of carbonyl (C=O) groups is 1. The standard InChI is InChI=1S/C10H19NO/c1-8(12)10(4)7-11(5)6-9(10,2)3/h6-7H2,1-5H3. The fourth-order valence-corrected chi connectivity index (χ4v) is 2.25. The summed E-state index contributed by atoms with van der Waals surface area (Å²) < 4.78 is 0. The van der Waals surface area contributed by atoms with E-state index in [0.717, 1.165) is 13.1 Å². The van der Waals surface area contributed by atoms with E-state index in [0.29, 0.717) is 5.78 Å². The van der Waals surface area contributed by atoms with Gasteiger partial charge in [-0.15, -0.1) is 0 Å². The van der Waals surface area contributed by atoms with Gasteiger partial charge in [0, 0.05) is 18.5 Å². The number of likely N-dealkylation sites (tertiary alicyclic amines) is 1. The Labute approximate surface area is 74.9 Å². The van der Waals surface area contributed by atoms with Gasteiger partial charge in [-0.2, -0.15) is 0 Å². The van der Waals surface area contributed by atoms with E-state index < -0.39 is 0 Å². The van der Waals surface area contributed by atoms with Gasteiger partial charge in [-0.3, -0.25) is 4.79 Å². The molecule has 0 radical (unpaired) electrons. The van der Waals surface area contributed by atoms with E-state index in [1.807, 2.05) is 0 Å². The number of carbonyl (C=O) groups excluding carboxylic acids is 1. The second-order valence-electron chi connectivity index (χ2n) is 4.94. The molecule has 1 heterocycles. The Morgan fingerprint density at radius 1 is 1.25 bits per heavy atom. The topological polar surface area (TPSA) is 20.3 Å². The maximum Gasteiger partial charge on any atom is 0.137 e. The Balaban J connectivity index is 2.98. The van der Waals surface area contributed by atoms with E-state index in [4.69, 9.17) is 0 Å². The molecule has 12 heavy (non-hydrogen) atoms. The first-order valence-corrected chi connectivity index (χ1v) is 4.49. The van der Waals surface area contributed by atoms with E-state index in [-0.39, 0.29) is 10.8 Å². The zero-order valence-electron chi connectivity index (χ0n) is 8.77. The van der Waals surface area contributed by atoms with Crippen molar-refractivity contribution < 1.29 is 4.79 Å². The third-order valence-corrected chi connectivity index (χ3v) is 3.52. The Kier molecular flexibility index (Phi) is 2.07. The Hall–Kier alpha value is -0.370. The number of rotatable bonds is 1. The van der Waals surface area contributed by atoms with E-state index in [9.17, 15) is 4.79 Å². The third-order valence-electron chi connectivity index (χ3n) is 3.52. The molecule has 0 spiro atoms. The maximum absolute atomic E-state index is 11.5. The van der Waals surface area contributed by atoms with Crippen LogP contribution in [0.15, 0.2) is 0 Å². The first kappa shape index (κ1) is 9.72. The van der Waals surface area contributed by atoms with Crippen molar-refractivity contribution in [2.75, 3.05) is 20.1 Å². The summed E-state index contributed by atoms with van der Waals surface area (Å²) in [7, 11) is 2.08. The monoisotopic (exact) mass is 169 g/mol. The fourth-order valence-electron chi connectivity index (χ4n) is 2.25. The fraction of sp³-hybridized carbons (Fsp3) is 0.900. The largest absolute Gasteiger partial charge is 0.305 e. The molecule has 1 fully saturated rings. The summed E-state index contributed by atoms with van der Waals surface area (Å²) in [6, 6.07) is 0. The lowest BCUT2D eigenvalue weighted by molar-refractivity contribution is -0.129. The molecule has 0 N–H and O–H groups in total. The van der Waals surface area contributed by atoms with Gasteiger partial charge in [0.05, 0.1) is 0 Å². The Morgan fingerprint density at radius 3 is 1.92 bits per heavy atom. The highest BCUT2D eigenvalue weighted by molar-refractivity contribution is 5.83. The number of hydrogen-bond acceptors (Lipinski definition) is 2. The summed E-state index contributed by atoms with van der Waals surface area (Å²) in [4.78, 5) is 13.7. The van der Waals surface area contributed by atoms with Crippen LogP contribution in [0.5, 0.6) is 0 Å². The van der Waals surface area contributed by atoms with Crippen molar-refractivity contribution in [2.24, 2.45) is 10.8 Å². The predicted molar refractivity (Wildman–Crippen MR) is 50.1 cm³/mol. The van der Waals surface area contributed by atoms with Crippen LogP contribution >= 0.6 is 0 Å². The second kappa shape index (κ2) is 2.56. The van der Waals surface area contributed by atoms with Crippen LogP contribution in [-0.2, 0) is 4.79 Å². The smallest absolute Gasteiger partial charge is 0.137 e. The van der Waals surface area contributed by atoms with Gasteiger partial charge in [-0.05, 0) is 19.4 Å². The first-order chi connectivity index (χ1) is 5.29. The number of ketones is 1. The molecule has 0 saturated carbocycles. The van der Waals surface area contributed by atoms with Crippen LogP contribution < -0.4 is 0 Å². The van der Waals surface area contributed by atoms with Crippen molar-refractivity contribution >= 4 is 5.78 Å². The highest BCUT2D eigenvalue weighted by atomic mass is 16.1. The van der Waals surface area contributed by atoms with E-state index in [1.54, 1.807) is 6.92 Å². The SMILES string of the molecule is CC(=O)C1(C)CN(C)CC1(C)C. The number of hydrogen-bond donors (Lipinski definition) is 0. The number of nitrogens with zero attached hydrogens (tertiary/aromatic N) is 1. The lowest BCUT2D eigenvalue weighted by atomic mass is 9.67. The molecule has 1 rings (SSSR count). The van der Waals surface area contributed by atoms with Crippen LogP contribution in [0.4, 0.5) is 0 Å². The van der Waals surface area contributed by atoms with Crippen LogP contribution in [-0.4, -0.2) is 30.8 Å². The third kappa shape index (κ3) is 1.18. The van der Waals surface area contributed by atoms with Gasteiger partial charge in [-0.25, -0.2) is 0 Å². The first-order valence-electron chi connectivity index (χ1n) is 4.49. The normalized spacial score (nSPS) is 35.4. The molecule has 0 amide bonds. The molecular formula is C10H19NO. The molecule has 0 aromatic rings. The Bertz CT molecular complexity index is 210. The summed E-state index contributed by atoms with van der Waals surface area (Å²) in [5, 5.41) is 0. The van der Waals surface area contributed by atoms with Gasteiger partial charge in [0.15, 0.2) is 0 Å². The van der Waals surface area contributed by atoms with E-state index >= 15 is 0 Å². The highest BCUT2D eigenvalue weighted by Crippen LogP contribution is 2.45. The van der Waals surface area contributed by atoms with Crippen LogP contribution in [0.3, 0.4) is 0 Å². The predicted octanol–water partition coefficient (Wildman–Crippen LogP) is 1.55. The van der Waals surface area contributed by atoms with Crippen molar-refractivity contribution in [2.45, 2.75) is 27.7 Å². The van der Waals surface area contributed by atoms with Crippen molar-refractivity contribution in [3.63, 3.8) is 0 Å². The zero-order chi connectivity index (χ0) is 9.57. The molecule has 0 aromatic heterocycles. The number of Topliss-reactive ketones (excluding diaryl/α,β-unsaturated/α-hetero) is 1. The second-order valence-corrected chi connectivity index (χ2v) is 4.94. The summed E-state index contributed by atoms with van der Waals surface area (Å²) in [6.07, 6.45) is 0. The van der Waals surface area contributed by atoms with E-state index in [1.165, 1.54) is 0 Å². The van der Waals surface area contributed by atoms with Crippen molar-refractivity contribution in [1.82, 2.24) is 4.90 Å². The summed E-state index contributed by atoms with van der Waals surface area (Å²) in [6.45, 7) is 10.1. The summed E-state index contributed by atoms with van der Waals surface area (Å²) in [5.41, 5.74) is -0.0324. The molecule has 2 heteroatoms. The van der Waals surface area contributed by atoms with E-state index in [2.05, 4.69) is 32.7 Å². The van der Waals surface area contributed by atoms with Gasteiger partial charge in [0.2, 0.25) is 0 Å². The van der Waals surface area contributed by atoms with Crippen molar-refractivity contribution in [3.05, 3.63) is 0 Å². The average Bonchev–Trinajstić information content (AvgIpc) is 2.02. The van der Waals surface area contributed by atoms with Crippen LogP contribution in [0, 0.1) is 10.8 Å². The molecule has 0 bridgehead atoms. The van der Waals surface area contributed by atoms with Crippen molar-refractivity contribution in [1.29, 1.82) is 0 Å². The van der Waals surface area contributed by atoms with Crippen LogP contribution in [0.25, 0.3) is 0 Å². The van der Waals surface area contributed by atoms with Gasteiger partial charge >= 0.3 is 0 Å². The molecule has 0 aliphatic carbocycles. The minimum Gasteiger partial charge on any atom is -0.305 e. The molecule has 2 nitrogen and oxygen atoms in total. The molecule has 0 aromatic carbocycles. The van der Waals surface area contributed by atoms with Gasteiger partial charge in [-0.1, -0.05) is 20.8 Å². The molecule has 1 saturated heterocycles. The average molecular weight is 169 g/mol. The quantitative estimate of drug-likeness (QED) is 0.593.